The van der Waals surface area contributed by atoms with Gasteiger partial charge in [-0.1, -0.05) is 32.4 Å². The third-order valence-corrected chi connectivity index (χ3v) is 4.81. The van der Waals surface area contributed by atoms with Crippen LogP contribution in [-0.4, -0.2) is 18.5 Å². The molecule has 0 saturated heterocycles. The molecule has 0 bridgehead atoms. The van der Waals surface area contributed by atoms with Crippen LogP contribution in [0, 0.1) is 11.8 Å². The number of halogens is 1. The van der Waals surface area contributed by atoms with Crippen LogP contribution in [0.25, 0.3) is 0 Å². The molecule has 2 N–H and O–H groups in total. The van der Waals surface area contributed by atoms with Crippen LogP contribution < -0.4 is 10.6 Å². The van der Waals surface area contributed by atoms with Crippen molar-refractivity contribution >= 4 is 23.2 Å². The molecule has 0 aliphatic heterocycles. The second-order valence-corrected chi connectivity index (χ2v) is 6.55. The van der Waals surface area contributed by atoms with Crippen LogP contribution in [0.15, 0.2) is 18.2 Å². The first-order chi connectivity index (χ1) is 10.0. The second-order valence-electron chi connectivity index (χ2n) is 6.11. The van der Waals surface area contributed by atoms with E-state index in [1.165, 1.54) is 6.42 Å². The van der Waals surface area contributed by atoms with E-state index in [1.54, 1.807) is 6.07 Å². The van der Waals surface area contributed by atoms with Crippen LogP contribution in [0.3, 0.4) is 0 Å². The third-order valence-electron chi connectivity index (χ3n) is 4.57. The van der Waals surface area contributed by atoms with Crippen molar-refractivity contribution < 1.29 is 4.79 Å². The minimum absolute atomic E-state index is 0.0259. The first-order valence-electron chi connectivity index (χ1n) is 7.87. The molecule has 1 saturated carbocycles. The van der Waals surface area contributed by atoms with Crippen LogP contribution in [0.1, 0.15) is 50.4 Å². The molecule has 3 unspecified atom stereocenters. The molecule has 3 nitrogen and oxygen atoms in total. The molecule has 1 fully saturated rings. The lowest BCUT2D eigenvalue weighted by atomic mass is 9.97. The maximum atomic E-state index is 12.6. The number of carbonyl (C=O) groups is 1. The van der Waals surface area contributed by atoms with Gasteiger partial charge in [0.05, 0.1) is 5.56 Å². The molecular formula is C17H25ClN2O. The molecule has 1 aromatic carbocycles. The van der Waals surface area contributed by atoms with Gasteiger partial charge in [0.15, 0.2) is 0 Å². The van der Waals surface area contributed by atoms with Gasteiger partial charge in [0.25, 0.3) is 5.91 Å². The summed E-state index contributed by atoms with van der Waals surface area (Å²) >= 11 is 6.06. The van der Waals surface area contributed by atoms with Gasteiger partial charge in [-0.2, -0.15) is 0 Å². The quantitative estimate of drug-likeness (QED) is 0.850. The lowest BCUT2D eigenvalue weighted by Gasteiger charge is -2.21. The number of rotatable bonds is 5. The van der Waals surface area contributed by atoms with E-state index in [0.717, 1.165) is 25.1 Å². The Morgan fingerprint density at radius 3 is 2.71 bits per heavy atom. The number of amides is 1. The van der Waals surface area contributed by atoms with E-state index in [0.29, 0.717) is 22.4 Å². The summed E-state index contributed by atoms with van der Waals surface area (Å²) in [6.07, 6.45) is 3.26. The van der Waals surface area contributed by atoms with Gasteiger partial charge < -0.3 is 10.6 Å². The molecular weight excluding hydrogens is 284 g/mol. The van der Waals surface area contributed by atoms with Crippen molar-refractivity contribution in [3.8, 4) is 0 Å². The molecule has 3 atom stereocenters. The highest BCUT2D eigenvalue weighted by molar-refractivity contribution is 6.31. The summed E-state index contributed by atoms with van der Waals surface area (Å²) in [5.74, 6) is 1.18. The predicted molar refractivity (Wildman–Crippen MR) is 89.0 cm³/mol. The van der Waals surface area contributed by atoms with Crippen LogP contribution in [0.5, 0.6) is 0 Å². The molecule has 2 rings (SSSR count). The molecule has 21 heavy (non-hydrogen) atoms. The normalized spacial score (nSPS) is 24.9. The second kappa shape index (κ2) is 7.17. The molecule has 4 heteroatoms. The summed E-state index contributed by atoms with van der Waals surface area (Å²) in [5.41, 5.74) is 1.50. The Morgan fingerprint density at radius 2 is 2.10 bits per heavy atom. The van der Waals surface area contributed by atoms with Crippen molar-refractivity contribution in [2.75, 3.05) is 11.9 Å². The number of benzene rings is 1. The van der Waals surface area contributed by atoms with E-state index in [-0.39, 0.29) is 11.9 Å². The Balaban J connectivity index is 2.12. The zero-order chi connectivity index (χ0) is 15.4. The molecule has 116 valence electrons. The fourth-order valence-electron chi connectivity index (χ4n) is 2.93. The van der Waals surface area contributed by atoms with E-state index < -0.39 is 0 Å². The van der Waals surface area contributed by atoms with E-state index >= 15 is 0 Å². The Kier molecular flexibility index (Phi) is 5.51. The lowest BCUT2D eigenvalue weighted by molar-refractivity contribution is 0.0928. The van der Waals surface area contributed by atoms with Gasteiger partial charge in [-0.3, -0.25) is 4.79 Å². The van der Waals surface area contributed by atoms with Gasteiger partial charge in [-0.25, -0.2) is 0 Å². The van der Waals surface area contributed by atoms with Crippen molar-refractivity contribution in [1.29, 1.82) is 0 Å². The highest BCUT2D eigenvalue weighted by Gasteiger charge is 2.31. The standard InChI is InChI=1S/C17H25ClN2O/c1-4-9-19-16-8-6-13(18)10-14(16)17(21)20-15-7-5-11(2)12(15)3/h6,8,10-12,15,19H,4-5,7,9H2,1-3H3,(H,20,21). The molecule has 1 aliphatic carbocycles. The van der Waals surface area contributed by atoms with Crippen LogP contribution in [-0.2, 0) is 0 Å². The summed E-state index contributed by atoms with van der Waals surface area (Å²) in [5, 5.41) is 7.07. The molecule has 0 heterocycles. The molecule has 1 aromatic rings. The van der Waals surface area contributed by atoms with Gasteiger partial charge >= 0.3 is 0 Å². The Hall–Kier alpha value is -1.22. The average Bonchev–Trinajstić information content (AvgIpc) is 2.78. The Morgan fingerprint density at radius 1 is 1.33 bits per heavy atom. The van der Waals surface area contributed by atoms with Crippen LogP contribution in [0.4, 0.5) is 5.69 Å². The Labute approximate surface area is 132 Å². The molecule has 0 aromatic heterocycles. The van der Waals surface area contributed by atoms with Gasteiger partial charge in [0, 0.05) is 23.3 Å². The summed E-state index contributed by atoms with van der Waals surface area (Å²) < 4.78 is 0. The maximum Gasteiger partial charge on any atom is 0.253 e. The largest absolute Gasteiger partial charge is 0.384 e. The third kappa shape index (κ3) is 3.91. The Bertz CT molecular complexity index is 504. The van der Waals surface area contributed by atoms with E-state index in [4.69, 9.17) is 11.6 Å². The molecule has 0 radical (unpaired) electrons. The van der Waals surface area contributed by atoms with Gasteiger partial charge in [-0.15, -0.1) is 0 Å². The zero-order valence-electron chi connectivity index (χ0n) is 13.1. The molecule has 1 aliphatic rings. The number of nitrogens with one attached hydrogen (secondary N) is 2. The molecule has 1 amide bonds. The average molecular weight is 309 g/mol. The van der Waals surface area contributed by atoms with Gasteiger partial charge in [0.2, 0.25) is 0 Å². The first-order valence-corrected chi connectivity index (χ1v) is 8.25. The first kappa shape index (κ1) is 16.2. The summed E-state index contributed by atoms with van der Waals surface area (Å²) in [7, 11) is 0. The topological polar surface area (TPSA) is 41.1 Å². The van der Waals surface area contributed by atoms with Crippen LogP contribution >= 0.6 is 11.6 Å². The maximum absolute atomic E-state index is 12.6. The SMILES string of the molecule is CCCNc1ccc(Cl)cc1C(=O)NC1CCC(C)C1C. The van der Waals surface area contributed by atoms with E-state index in [1.807, 2.05) is 12.1 Å². The van der Waals surface area contributed by atoms with Crippen molar-refractivity contribution in [2.45, 2.75) is 46.1 Å². The van der Waals surface area contributed by atoms with Crippen molar-refractivity contribution in [1.82, 2.24) is 5.32 Å². The van der Waals surface area contributed by atoms with Crippen molar-refractivity contribution in [2.24, 2.45) is 11.8 Å². The van der Waals surface area contributed by atoms with Gasteiger partial charge in [-0.05, 0) is 49.3 Å². The number of anilines is 1. The number of hydrogen-bond acceptors (Lipinski definition) is 2. The highest BCUT2D eigenvalue weighted by Crippen LogP contribution is 2.31. The minimum Gasteiger partial charge on any atom is -0.384 e. The summed E-state index contributed by atoms with van der Waals surface area (Å²) in [4.78, 5) is 12.6. The van der Waals surface area contributed by atoms with Gasteiger partial charge in [0.1, 0.15) is 0 Å². The van der Waals surface area contributed by atoms with Crippen molar-refractivity contribution in [3.05, 3.63) is 28.8 Å². The fraction of sp³-hybridized carbons (Fsp3) is 0.588. The van der Waals surface area contributed by atoms with Crippen molar-refractivity contribution in [3.63, 3.8) is 0 Å². The smallest absolute Gasteiger partial charge is 0.253 e. The lowest BCUT2D eigenvalue weighted by Crippen LogP contribution is -2.37. The predicted octanol–water partition coefficient (Wildman–Crippen LogP) is 4.33. The minimum atomic E-state index is -0.0259. The number of carbonyl (C=O) groups excluding carboxylic acids is 1. The van der Waals surface area contributed by atoms with Crippen LogP contribution in [0.2, 0.25) is 5.02 Å². The van der Waals surface area contributed by atoms with E-state index in [2.05, 4.69) is 31.4 Å². The summed E-state index contributed by atoms with van der Waals surface area (Å²) in [6.45, 7) is 7.42. The highest BCUT2D eigenvalue weighted by atomic mass is 35.5. The monoisotopic (exact) mass is 308 g/mol. The van der Waals surface area contributed by atoms with E-state index in [9.17, 15) is 4.79 Å². The fourth-order valence-corrected chi connectivity index (χ4v) is 3.10. The summed E-state index contributed by atoms with van der Waals surface area (Å²) in [6, 6.07) is 5.72. The zero-order valence-corrected chi connectivity index (χ0v) is 13.8. The number of hydrogen-bond donors (Lipinski definition) is 2. The molecule has 0 spiro atoms.